The maximum Gasteiger partial charge on any atom is 0.271 e. The summed E-state index contributed by atoms with van der Waals surface area (Å²) in [7, 11) is 0. The van der Waals surface area contributed by atoms with Crippen molar-refractivity contribution in [2.75, 3.05) is 0 Å². The predicted molar refractivity (Wildman–Crippen MR) is 114 cm³/mol. The van der Waals surface area contributed by atoms with Crippen LogP contribution < -0.4 is 5.32 Å². The van der Waals surface area contributed by atoms with Gasteiger partial charge in [0, 0.05) is 30.2 Å². The van der Waals surface area contributed by atoms with Crippen LogP contribution in [0.2, 0.25) is 5.02 Å². The fourth-order valence-corrected chi connectivity index (χ4v) is 3.49. The Morgan fingerprint density at radius 1 is 1.25 bits per heavy atom. The first-order valence-corrected chi connectivity index (χ1v) is 9.88. The standard InChI is InChI=1S/C22H15ClFN7O/c1-13(27-22(32)20-12-30-11-14(8-25)2-3-21(30)28-20)10-31-5-4-19(29-31)15-6-17(23)16(9-26)18(24)7-15/h2-7,11-13H,10H2,1H3,(H,27,32). The highest BCUT2D eigenvalue weighted by atomic mass is 35.5. The lowest BCUT2D eigenvalue weighted by Gasteiger charge is -2.13. The highest BCUT2D eigenvalue weighted by Crippen LogP contribution is 2.26. The van der Waals surface area contributed by atoms with Gasteiger partial charge in [-0.25, -0.2) is 9.37 Å². The Morgan fingerprint density at radius 2 is 2.06 bits per heavy atom. The van der Waals surface area contributed by atoms with Crippen molar-refractivity contribution in [1.29, 1.82) is 10.5 Å². The fourth-order valence-electron chi connectivity index (χ4n) is 3.24. The largest absolute Gasteiger partial charge is 0.346 e. The van der Waals surface area contributed by atoms with E-state index < -0.39 is 5.82 Å². The van der Waals surface area contributed by atoms with Gasteiger partial charge in [-0.1, -0.05) is 11.6 Å². The van der Waals surface area contributed by atoms with E-state index in [1.54, 1.807) is 51.9 Å². The Labute approximate surface area is 187 Å². The van der Waals surface area contributed by atoms with Gasteiger partial charge in [-0.15, -0.1) is 0 Å². The molecule has 1 N–H and O–H groups in total. The van der Waals surface area contributed by atoms with Crippen molar-refractivity contribution >= 4 is 23.2 Å². The normalized spacial score (nSPS) is 11.7. The van der Waals surface area contributed by atoms with E-state index in [2.05, 4.69) is 15.4 Å². The quantitative estimate of drug-likeness (QED) is 0.502. The number of aromatic nitrogens is 4. The van der Waals surface area contributed by atoms with Crippen molar-refractivity contribution < 1.29 is 9.18 Å². The molecule has 0 saturated carbocycles. The Morgan fingerprint density at radius 3 is 2.78 bits per heavy atom. The number of pyridine rings is 1. The molecule has 0 radical (unpaired) electrons. The third kappa shape index (κ3) is 4.15. The van der Waals surface area contributed by atoms with Gasteiger partial charge in [0.15, 0.2) is 0 Å². The summed E-state index contributed by atoms with van der Waals surface area (Å²) in [6.45, 7) is 2.19. The number of hydrogen-bond donors (Lipinski definition) is 1. The number of halogens is 2. The third-order valence-electron chi connectivity index (χ3n) is 4.74. The summed E-state index contributed by atoms with van der Waals surface area (Å²) in [5.74, 6) is -1.06. The predicted octanol–water partition coefficient (Wildman–Crippen LogP) is 3.55. The molecule has 0 aliphatic carbocycles. The molecule has 0 saturated heterocycles. The van der Waals surface area contributed by atoms with E-state index in [0.717, 1.165) is 0 Å². The number of nitrogens with one attached hydrogen (secondary N) is 1. The molecule has 4 aromatic rings. The summed E-state index contributed by atoms with van der Waals surface area (Å²) in [6, 6.07) is 11.2. The molecule has 32 heavy (non-hydrogen) atoms. The lowest BCUT2D eigenvalue weighted by atomic mass is 10.1. The Hall–Kier alpha value is -4.21. The van der Waals surface area contributed by atoms with Crippen LogP contribution in [-0.2, 0) is 6.54 Å². The molecule has 0 bridgehead atoms. The molecular weight excluding hydrogens is 433 g/mol. The number of imidazole rings is 1. The number of rotatable bonds is 5. The molecule has 4 rings (SSSR count). The van der Waals surface area contributed by atoms with Crippen LogP contribution >= 0.6 is 11.6 Å². The van der Waals surface area contributed by atoms with Crippen LogP contribution in [0.4, 0.5) is 4.39 Å². The lowest BCUT2D eigenvalue weighted by Crippen LogP contribution is -2.36. The van der Waals surface area contributed by atoms with Crippen LogP contribution in [0, 0.1) is 28.5 Å². The molecule has 10 heteroatoms. The number of carbonyl (C=O) groups excluding carboxylic acids is 1. The van der Waals surface area contributed by atoms with E-state index in [0.29, 0.717) is 29.0 Å². The van der Waals surface area contributed by atoms with Gasteiger partial charge in [-0.3, -0.25) is 9.48 Å². The summed E-state index contributed by atoms with van der Waals surface area (Å²) in [5, 5.41) is 25.2. The smallest absolute Gasteiger partial charge is 0.271 e. The fraction of sp³-hybridized carbons (Fsp3) is 0.136. The van der Waals surface area contributed by atoms with Crippen LogP contribution in [-0.4, -0.2) is 31.1 Å². The molecule has 1 aromatic carbocycles. The highest BCUT2D eigenvalue weighted by molar-refractivity contribution is 6.32. The minimum atomic E-state index is -0.709. The second-order valence-electron chi connectivity index (χ2n) is 7.15. The van der Waals surface area contributed by atoms with E-state index in [9.17, 15) is 9.18 Å². The minimum Gasteiger partial charge on any atom is -0.346 e. The molecule has 8 nitrogen and oxygen atoms in total. The van der Waals surface area contributed by atoms with E-state index >= 15 is 0 Å². The zero-order valence-electron chi connectivity index (χ0n) is 16.8. The maximum atomic E-state index is 14.0. The molecule has 3 aromatic heterocycles. The van der Waals surface area contributed by atoms with Gasteiger partial charge in [0.2, 0.25) is 0 Å². The van der Waals surface area contributed by atoms with Crippen LogP contribution in [0.1, 0.15) is 28.5 Å². The topological polar surface area (TPSA) is 112 Å². The van der Waals surface area contributed by atoms with Gasteiger partial charge in [0.1, 0.15) is 34.9 Å². The number of nitrogens with zero attached hydrogens (tertiary/aromatic N) is 6. The molecule has 0 spiro atoms. The maximum absolute atomic E-state index is 14.0. The molecule has 1 amide bonds. The molecule has 0 fully saturated rings. The van der Waals surface area contributed by atoms with Crippen molar-refractivity contribution in [2.45, 2.75) is 19.5 Å². The lowest BCUT2D eigenvalue weighted by molar-refractivity contribution is 0.0931. The monoisotopic (exact) mass is 447 g/mol. The Balaban J connectivity index is 1.44. The summed E-state index contributed by atoms with van der Waals surface area (Å²) in [5.41, 5.74) is 1.99. The van der Waals surface area contributed by atoms with E-state index in [-0.39, 0.29) is 28.2 Å². The molecular formula is C22H15ClFN7O. The number of fused-ring (bicyclic) bond motifs is 1. The van der Waals surface area contributed by atoms with Crippen molar-refractivity contribution in [2.24, 2.45) is 0 Å². The summed E-state index contributed by atoms with van der Waals surface area (Å²) in [4.78, 5) is 16.8. The van der Waals surface area contributed by atoms with E-state index in [4.69, 9.17) is 22.1 Å². The van der Waals surface area contributed by atoms with Crippen molar-refractivity contribution in [3.8, 4) is 23.4 Å². The van der Waals surface area contributed by atoms with Gasteiger partial charge in [-0.2, -0.15) is 15.6 Å². The zero-order chi connectivity index (χ0) is 22.8. The zero-order valence-corrected chi connectivity index (χ0v) is 17.5. The average molecular weight is 448 g/mol. The van der Waals surface area contributed by atoms with E-state index in [1.165, 1.54) is 12.1 Å². The third-order valence-corrected chi connectivity index (χ3v) is 5.04. The Bertz CT molecular complexity index is 1400. The van der Waals surface area contributed by atoms with Crippen LogP contribution in [0.15, 0.2) is 48.9 Å². The summed E-state index contributed by atoms with van der Waals surface area (Å²) >= 11 is 5.97. The minimum absolute atomic E-state index is 0.0204. The van der Waals surface area contributed by atoms with Crippen molar-refractivity contribution in [3.63, 3.8) is 0 Å². The number of amides is 1. The van der Waals surface area contributed by atoms with Gasteiger partial charge >= 0.3 is 0 Å². The summed E-state index contributed by atoms with van der Waals surface area (Å²) < 4.78 is 17.3. The van der Waals surface area contributed by atoms with Gasteiger partial charge in [-0.05, 0) is 37.3 Å². The average Bonchev–Trinajstić information content (AvgIpc) is 3.39. The molecule has 158 valence electrons. The van der Waals surface area contributed by atoms with E-state index in [1.807, 2.05) is 13.0 Å². The number of benzene rings is 1. The second-order valence-corrected chi connectivity index (χ2v) is 7.55. The SMILES string of the molecule is CC(Cn1ccc(-c2cc(F)c(C#N)c(Cl)c2)n1)NC(=O)c1cn2cc(C#N)ccc2n1. The molecule has 0 aliphatic rings. The second kappa shape index (κ2) is 8.50. The number of nitriles is 2. The first-order chi connectivity index (χ1) is 15.4. The van der Waals surface area contributed by atoms with Crippen LogP contribution in [0.25, 0.3) is 16.9 Å². The Kier molecular flexibility index (Phi) is 5.59. The van der Waals surface area contributed by atoms with Gasteiger partial charge in [0.25, 0.3) is 5.91 Å². The van der Waals surface area contributed by atoms with Gasteiger partial charge < -0.3 is 9.72 Å². The number of carbonyl (C=O) groups is 1. The van der Waals surface area contributed by atoms with Crippen molar-refractivity contribution in [3.05, 3.63) is 76.6 Å². The molecule has 1 atom stereocenters. The first-order valence-electron chi connectivity index (χ1n) is 9.50. The molecule has 0 aliphatic heterocycles. The van der Waals surface area contributed by atoms with Crippen molar-refractivity contribution in [1.82, 2.24) is 24.5 Å². The van der Waals surface area contributed by atoms with Gasteiger partial charge in [0.05, 0.1) is 22.8 Å². The van der Waals surface area contributed by atoms with Crippen LogP contribution in [0.5, 0.6) is 0 Å². The van der Waals surface area contributed by atoms with Crippen LogP contribution in [0.3, 0.4) is 0 Å². The molecule has 3 heterocycles. The molecule has 1 unspecified atom stereocenters. The highest BCUT2D eigenvalue weighted by Gasteiger charge is 2.16. The first kappa shape index (κ1) is 21.0. The number of hydrogen-bond acceptors (Lipinski definition) is 5. The summed E-state index contributed by atoms with van der Waals surface area (Å²) in [6.07, 6.45) is 4.87.